The molecule has 6 aliphatic carbocycles. The Morgan fingerprint density at radius 2 is 0.925 bits per heavy atom. The number of aryl methyl sites for hydroxylation is 3. The number of nitrogens with zero attached hydrogens (tertiary/aromatic N) is 3. The summed E-state index contributed by atoms with van der Waals surface area (Å²) in [6, 6.07) is 13.7. The van der Waals surface area contributed by atoms with Crippen LogP contribution in [0.25, 0.3) is 0 Å². The number of hydrogen-bond donors (Lipinski definition) is 1. The molecule has 6 fully saturated rings. The first kappa shape index (κ1) is 44.1. The summed E-state index contributed by atoms with van der Waals surface area (Å²) in [6.45, 7) is 8.52. The Morgan fingerprint density at radius 3 is 1.33 bits per heavy atom. The number of Topliss-reactive ketones (excluding diaryl/α,β-unsaturated/α-hetero) is 3. The van der Waals surface area contributed by atoms with Gasteiger partial charge in [-0.15, -0.1) is 0 Å². The van der Waals surface area contributed by atoms with Crippen molar-refractivity contribution in [1.29, 1.82) is 0 Å². The highest BCUT2D eigenvalue weighted by Crippen LogP contribution is 2.65. The van der Waals surface area contributed by atoms with E-state index in [0.29, 0.717) is 61.9 Å². The zero-order chi connectivity index (χ0) is 46.9. The van der Waals surface area contributed by atoms with Gasteiger partial charge < -0.3 is 43.9 Å². The molecule has 1 N–H and O–H groups in total. The van der Waals surface area contributed by atoms with E-state index in [2.05, 4.69) is 69.1 Å². The monoisotopic (exact) mass is 913 g/mol. The van der Waals surface area contributed by atoms with Gasteiger partial charge in [0, 0.05) is 92.0 Å². The molecular formula is C55H67N3O9. The number of rotatable bonds is 0. The third-order valence-corrected chi connectivity index (χ3v) is 20.3. The summed E-state index contributed by atoms with van der Waals surface area (Å²) in [4.78, 5) is 40.3. The van der Waals surface area contributed by atoms with Crippen LogP contribution < -0.4 is 14.2 Å². The van der Waals surface area contributed by atoms with Crippen molar-refractivity contribution in [2.45, 2.75) is 151 Å². The van der Waals surface area contributed by atoms with Gasteiger partial charge in [-0.1, -0.05) is 36.4 Å². The third-order valence-electron chi connectivity index (χ3n) is 20.3. The van der Waals surface area contributed by atoms with E-state index < -0.39 is 0 Å². The number of carbonyl (C=O) groups excluding carboxylic acids is 3. The van der Waals surface area contributed by atoms with Crippen LogP contribution in [-0.4, -0.2) is 121 Å². The van der Waals surface area contributed by atoms with Crippen molar-refractivity contribution in [2.75, 3.05) is 47.9 Å². The lowest BCUT2D eigenvalue weighted by Crippen LogP contribution is -2.70. The highest BCUT2D eigenvalue weighted by atomic mass is 16.6. The van der Waals surface area contributed by atoms with Crippen LogP contribution in [0.5, 0.6) is 17.2 Å². The lowest BCUT2D eigenvalue weighted by atomic mass is 9.51. The second kappa shape index (κ2) is 14.7. The Hall–Kier alpha value is -4.17. The number of likely N-dealkylation sites (N-methyl/N-ethyl adjacent to an activating group) is 3. The molecule has 0 radical (unpaired) electrons. The van der Waals surface area contributed by atoms with Crippen molar-refractivity contribution in [1.82, 2.24) is 4.90 Å². The number of likely N-dealkylation sites (tertiary alicyclic amines) is 3. The van der Waals surface area contributed by atoms with E-state index in [4.69, 9.17) is 19.3 Å². The minimum atomic E-state index is -0.343. The Balaban J connectivity index is 0.000000103. The van der Waals surface area contributed by atoms with E-state index in [1.54, 1.807) is 0 Å². The molecule has 6 heterocycles. The van der Waals surface area contributed by atoms with Crippen molar-refractivity contribution in [3.05, 3.63) is 96.9 Å². The fourth-order valence-corrected chi connectivity index (χ4v) is 17.3. The maximum absolute atomic E-state index is 13.0. The Bertz CT molecular complexity index is 2540. The topological polar surface area (TPSA) is 148 Å². The molecule has 6 aliphatic heterocycles. The first-order chi connectivity index (χ1) is 32.0. The fraction of sp³-hybridized carbons (Fsp3) is 0.618. The molecule has 67 heavy (non-hydrogen) atoms. The highest BCUT2D eigenvalue weighted by molar-refractivity contribution is 5.90. The number of benzene rings is 3. The molecule has 3 aromatic rings. The van der Waals surface area contributed by atoms with Crippen LogP contribution in [0.4, 0.5) is 0 Å². The average molecular weight is 914 g/mol. The van der Waals surface area contributed by atoms with E-state index in [-0.39, 0.29) is 67.5 Å². The number of piperidine rings is 3. The first-order valence-corrected chi connectivity index (χ1v) is 25.3. The molecule has 3 saturated heterocycles. The predicted octanol–water partition coefficient (Wildman–Crippen LogP) is 6.33. The third kappa shape index (κ3) is 5.54. The van der Waals surface area contributed by atoms with Gasteiger partial charge in [0.15, 0.2) is 35.7 Å². The normalized spacial score (nSPS) is 41.8. The second-order valence-corrected chi connectivity index (χ2v) is 23.0. The standard InChI is InChI=1S/2C18H21NO3.C18H21NO2.CH4O/c2*1-10-3-4-11-9-13-12-5-6-14(20)17-18(12,7-8-19(13,2)21)15(11)16(10)22-17;1-10-3-4-11-9-13-12-5-6-14(20)17-18(12,7-8-19(13)2)15(11)16(10)21-17;1-2/h2*3-4,12-13,17H,5-9H2,1-2H3;3-4,12-13,17H,5-9H2,1-2H3;2H,1H3/t12-,13?,17-,18-,19+;12-,13?,17-,18-,19-;12-,13?,17-,18-;/m111./s1. The summed E-state index contributed by atoms with van der Waals surface area (Å²) in [5.41, 5.74) is 10.9. The number of aliphatic hydroxyl groups is 1. The van der Waals surface area contributed by atoms with Gasteiger partial charge in [-0.3, -0.25) is 14.4 Å². The molecule has 0 aromatic heterocycles. The van der Waals surface area contributed by atoms with Crippen molar-refractivity contribution in [2.24, 2.45) is 17.8 Å². The van der Waals surface area contributed by atoms with Crippen molar-refractivity contribution in [3.63, 3.8) is 0 Å². The summed E-state index contributed by atoms with van der Waals surface area (Å²) < 4.78 is 18.4. The molecule has 15 rings (SSSR count). The number of quaternary nitrogens is 2. The van der Waals surface area contributed by atoms with Crippen LogP contribution in [0.15, 0.2) is 36.4 Å². The number of aliphatic hydroxyl groups excluding tert-OH is 1. The quantitative estimate of drug-likeness (QED) is 0.200. The zero-order valence-electron chi connectivity index (χ0n) is 40.3. The van der Waals surface area contributed by atoms with Crippen molar-refractivity contribution in [3.8, 4) is 17.2 Å². The molecule has 14 atom stereocenters. The summed E-state index contributed by atoms with van der Waals surface area (Å²) >= 11 is 0. The molecule has 12 heteroatoms. The largest absolute Gasteiger partial charge is 0.633 e. The minimum absolute atomic E-state index is 0.0125. The summed E-state index contributed by atoms with van der Waals surface area (Å²) in [5.74, 6) is 4.92. The summed E-state index contributed by atoms with van der Waals surface area (Å²) in [6.07, 6.45) is 9.12. The maximum Gasteiger partial charge on any atom is 0.174 e. The second-order valence-electron chi connectivity index (χ2n) is 23.0. The minimum Gasteiger partial charge on any atom is -0.633 e. The molecule has 3 saturated carbocycles. The number of carbonyl (C=O) groups is 3. The molecule has 0 amide bonds. The van der Waals surface area contributed by atoms with Gasteiger partial charge in [0.25, 0.3) is 0 Å². The van der Waals surface area contributed by atoms with Crippen LogP contribution in [-0.2, 0) is 49.9 Å². The van der Waals surface area contributed by atoms with Crippen molar-refractivity contribution >= 4 is 17.3 Å². The first-order valence-electron chi connectivity index (χ1n) is 25.3. The highest BCUT2D eigenvalue weighted by Gasteiger charge is 2.70. The Kier molecular flexibility index (Phi) is 9.66. The van der Waals surface area contributed by atoms with E-state index >= 15 is 0 Å². The molecule has 3 unspecified atom stereocenters. The van der Waals surface area contributed by atoms with Gasteiger partial charge in [0.05, 0.1) is 50.1 Å². The zero-order valence-corrected chi connectivity index (χ0v) is 40.3. The number of hydrogen-bond acceptors (Lipinski definition) is 10. The average Bonchev–Trinajstić information content (AvgIpc) is 3.99. The smallest absolute Gasteiger partial charge is 0.174 e. The number of hydroxylamine groups is 6. The molecule has 12 nitrogen and oxygen atoms in total. The number of ketones is 3. The lowest BCUT2D eigenvalue weighted by Gasteiger charge is -2.62. The van der Waals surface area contributed by atoms with Crippen LogP contribution in [0.1, 0.15) is 108 Å². The fourth-order valence-electron chi connectivity index (χ4n) is 17.3. The SMILES string of the molecule is CO.Cc1ccc2c3c1O[C@@H]1C(=O)CC[C@@H]4C(C2)N(C)CC[C@@]314.Cc1ccc2c3c1O[C@@H]1C(=O)CC[C@@H]4C(C2)[N@+](C)([O-])CC[C@@]314.Cc1ccc2c3c1O[C@@H]1C(=O)CC[C@@H]4C(C2)[N@@+](C)([O-])CC[C@@]314. The Morgan fingerprint density at radius 1 is 0.567 bits per heavy atom. The van der Waals surface area contributed by atoms with Gasteiger partial charge in [-0.2, -0.15) is 0 Å². The van der Waals surface area contributed by atoms with Crippen LogP contribution in [0.2, 0.25) is 0 Å². The van der Waals surface area contributed by atoms with Gasteiger partial charge in [-0.25, -0.2) is 0 Å². The molecule has 12 aliphatic rings. The summed E-state index contributed by atoms with van der Waals surface area (Å²) in [5, 5.41) is 33.0. The van der Waals surface area contributed by atoms with E-state index in [1.165, 1.54) is 38.9 Å². The van der Waals surface area contributed by atoms with E-state index in [1.807, 2.05) is 14.1 Å². The molecule has 356 valence electrons. The van der Waals surface area contributed by atoms with E-state index in [9.17, 15) is 24.8 Å². The lowest BCUT2D eigenvalue weighted by molar-refractivity contribution is -0.899. The van der Waals surface area contributed by atoms with E-state index in [0.717, 1.165) is 99.8 Å². The Labute approximate surface area is 394 Å². The maximum atomic E-state index is 13.0. The van der Waals surface area contributed by atoms with Gasteiger partial charge >= 0.3 is 0 Å². The van der Waals surface area contributed by atoms with Crippen LogP contribution >= 0.6 is 0 Å². The summed E-state index contributed by atoms with van der Waals surface area (Å²) in [7, 11) is 6.89. The van der Waals surface area contributed by atoms with Crippen LogP contribution in [0, 0.1) is 48.9 Å². The molecule has 6 bridgehead atoms. The molecule has 3 aromatic carbocycles. The molecular weight excluding hydrogens is 847 g/mol. The molecule has 3 spiro atoms. The van der Waals surface area contributed by atoms with Gasteiger partial charge in [0.1, 0.15) is 17.2 Å². The van der Waals surface area contributed by atoms with Crippen LogP contribution in [0.3, 0.4) is 0 Å². The predicted molar refractivity (Wildman–Crippen MR) is 251 cm³/mol. The van der Waals surface area contributed by atoms with Gasteiger partial charge in [-0.05, 0) is 106 Å². The van der Waals surface area contributed by atoms with Crippen molar-refractivity contribution < 1.29 is 43.0 Å². The van der Waals surface area contributed by atoms with Gasteiger partial charge in [0.2, 0.25) is 0 Å². The number of ether oxygens (including phenoxy) is 3.